The third-order valence-electron chi connectivity index (χ3n) is 6.14. The molecule has 0 amide bonds. The number of anilines is 2. The number of likely N-dealkylation sites (N-methyl/N-ethyl adjacent to an activating group) is 1. The molecule has 0 aliphatic rings. The zero-order chi connectivity index (χ0) is 25.7. The number of rotatable bonds is 17. The van der Waals surface area contributed by atoms with E-state index in [1.807, 2.05) is 0 Å². The normalized spacial score (nSPS) is 11.5. The summed E-state index contributed by atoms with van der Waals surface area (Å²) in [6.45, 7) is 11.8. The van der Waals surface area contributed by atoms with Gasteiger partial charge in [0.15, 0.2) is 0 Å². The van der Waals surface area contributed by atoms with Gasteiger partial charge in [-0.2, -0.15) is 0 Å². The van der Waals surface area contributed by atoms with Gasteiger partial charge in [0, 0.05) is 43.1 Å². The van der Waals surface area contributed by atoms with Crippen LogP contribution in [0.1, 0.15) is 69.1 Å². The van der Waals surface area contributed by atoms with Crippen LogP contribution in [0.3, 0.4) is 0 Å². The summed E-state index contributed by atoms with van der Waals surface area (Å²) in [5.41, 5.74) is 5.72. The quantitative estimate of drug-likeness (QED) is 0.258. The van der Waals surface area contributed by atoms with Gasteiger partial charge in [0.1, 0.15) is 5.75 Å². The SMILES string of the molecule is CCCCCCCCOc1ccc(C)cc1CNc1ccc(N(CC)CCNS(C)(=O)=O)cc1C. The first-order valence-corrected chi connectivity index (χ1v) is 14.9. The molecule has 35 heavy (non-hydrogen) atoms. The summed E-state index contributed by atoms with van der Waals surface area (Å²) >= 11 is 0. The molecule has 0 fully saturated rings. The van der Waals surface area contributed by atoms with Gasteiger partial charge in [-0.3, -0.25) is 0 Å². The molecule has 0 bridgehead atoms. The molecule has 0 aliphatic heterocycles. The second kappa shape index (κ2) is 15.0. The minimum absolute atomic E-state index is 0.389. The summed E-state index contributed by atoms with van der Waals surface area (Å²) in [6.07, 6.45) is 8.72. The van der Waals surface area contributed by atoms with Crippen LogP contribution >= 0.6 is 0 Å². The van der Waals surface area contributed by atoms with Crippen molar-refractivity contribution in [3.05, 3.63) is 53.1 Å². The van der Waals surface area contributed by atoms with Crippen LogP contribution in [0.25, 0.3) is 0 Å². The Kier molecular flexibility index (Phi) is 12.4. The molecule has 0 radical (unpaired) electrons. The lowest BCUT2D eigenvalue weighted by molar-refractivity contribution is 0.301. The third-order valence-corrected chi connectivity index (χ3v) is 6.87. The van der Waals surface area contributed by atoms with Crippen LogP contribution in [0.15, 0.2) is 36.4 Å². The van der Waals surface area contributed by atoms with Crippen LogP contribution in [0.5, 0.6) is 5.75 Å². The van der Waals surface area contributed by atoms with E-state index in [1.54, 1.807) is 0 Å². The maximum absolute atomic E-state index is 11.3. The zero-order valence-electron chi connectivity index (χ0n) is 22.3. The van der Waals surface area contributed by atoms with E-state index in [2.05, 4.69) is 79.0 Å². The minimum Gasteiger partial charge on any atom is -0.493 e. The van der Waals surface area contributed by atoms with Crippen LogP contribution in [0.2, 0.25) is 0 Å². The van der Waals surface area contributed by atoms with E-state index in [0.717, 1.165) is 42.3 Å². The maximum atomic E-state index is 11.3. The average Bonchev–Trinajstić information content (AvgIpc) is 2.81. The molecule has 196 valence electrons. The Bertz CT molecular complexity index is 1010. The molecule has 0 atom stereocenters. The Hall–Kier alpha value is -2.25. The molecule has 2 N–H and O–H groups in total. The van der Waals surface area contributed by atoms with Gasteiger partial charge in [-0.1, -0.05) is 56.7 Å². The van der Waals surface area contributed by atoms with Gasteiger partial charge >= 0.3 is 0 Å². The van der Waals surface area contributed by atoms with Crippen molar-refractivity contribution in [3.63, 3.8) is 0 Å². The summed E-state index contributed by atoms with van der Waals surface area (Å²) in [4.78, 5) is 2.17. The molecule has 0 heterocycles. The Balaban J connectivity index is 1.94. The number of unbranched alkanes of at least 4 members (excludes halogenated alkanes) is 5. The van der Waals surface area contributed by atoms with Crippen molar-refractivity contribution in [3.8, 4) is 5.75 Å². The molecule has 0 spiro atoms. The van der Waals surface area contributed by atoms with Gasteiger partial charge in [0.2, 0.25) is 10.0 Å². The third kappa shape index (κ3) is 10.9. The topological polar surface area (TPSA) is 70.7 Å². The van der Waals surface area contributed by atoms with E-state index < -0.39 is 10.0 Å². The highest BCUT2D eigenvalue weighted by atomic mass is 32.2. The number of sulfonamides is 1. The van der Waals surface area contributed by atoms with Crippen molar-refractivity contribution in [2.45, 2.75) is 72.8 Å². The summed E-state index contributed by atoms with van der Waals surface area (Å²) < 4.78 is 31.4. The number of aryl methyl sites for hydroxylation is 2. The molecule has 0 unspecified atom stereocenters. The van der Waals surface area contributed by atoms with E-state index in [0.29, 0.717) is 19.6 Å². The molecular formula is C28H45N3O3S. The average molecular weight is 504 g/mol. The van der Waals surface area contributed by atoms with Gasteiger partial charge < -0.3 is 15.0 Å². The van der Waals surface area contributed by atoms with E-state index in [9.17, 15) is 8.42 Å². The smallest absolute Gasteiger partial charge is 0.208 e. The summed E-state index contributed by atoms with van der Waals surface area (Å²) in [5.74, 6) is 0.960. The van der Waals surface area contributed by atoms with Crippen molar-refractivity contribution >= 4 is 21.4 Å². The zero-order valence-corrected chi connectivity index (χ0v) is 23.1. The van der Waals surface area contributed by atoms with Gasteiger partial charge in [-0.25, -0.2) is 13.1 Å². The summed E-state index contributed by atoms with van der Waals surface area (Å²) in [7, 11) is -3.18. The fraction of sp³-hybridized carbons (Fsp3) is 0.571. The second-order valence-corrected chi connectivity index (χ2v) is 11.2. The molecule has 7 heteroatoms. The van der Waals surface area contributed by atoms with Crippen LogP contribution < -0.4 is 19.7 Å². The highest BCUT2D eigenvalue weighted by Gasteiger charge is 2.10. The molecule has 0 saturated heterocycles. The van der Waals surface area contributed by atoms with Crippen LogP contribution in [0.4, 0.5) is 11.4 Å². The molecule has 2 aromatic rings. The highest BCUT2D eigenvalue weighted by Crippen LogP contribution is 2.26. The predicted octanol–water partition coefficient (Wildman–Crippen LogP) is 6.03. The Morgan fingerprint density at radius 1 is 0.943 bits per heavy atom. The Labute approximate surface area is 213 Å². The standard InChI is InChI=1S/C28H45N3O3S/c1-6-8-9-10-11-12-19-34-28-16-13-23(3)20-25(28)22-29-27-15-14-26(21-24(27)4)31(7-2)18-17-30-35(5,32)33/h13-16,20-21,29-30H,6-12,17-19,22H2,1-5H3. The van der Waals surface area contributed by atoms with Crippen molar-refractivity contribution in [1.82, 2.24) is 4.72 Å². The van der Waals surface area contributed by atoms with E-state index >= 15 is 0 Å². The highest BCUT2D eigenvalue weighted by molar-refractivity contribution is 7.88. The van der Waals surface area contributed by atoms with Gasteiger partial charge in [0.25, 0.3) is 0 Å². The molecule has 0 aromatic heterocycles. The number of hydrogen-bond acceptors (Lipinski definition) is 5. The molecule has 2 rings (SSSR count). The lowest BCUT2D eigenvalue weighted by Crippen LogP contribution is -2.34. The first-order valence-electron chi connectivity index (χ1n) is 13.0. The maximum Gasteiger partial charge on any atom is 0.208 e. The van der Waals surface area contributed by atoms with Crippen molar-refractivity contribution < 1.29 is 13.2 Å². The number of ether oxygens (including phenoxy) is 1. The first-order chi connectivity index (χ1) is 16.7. The Morgan fingerprint density at radius 3 is 2.37 bits per heavy atom. The van der Waals surface area contributed by atoms with E-state index in [-0.39, 0.29) is 0 Å². The van der Waals surface area contributed by atoms with Crippen LogP contribution in [-0.2, 0) is 16.6 Å². The van der Waals surface area contributed by atoms with Gasteiger partial charge in [0.05, 0.1) is 12.9 Å². The minimum atomic E-state index is -3.18. The predicted molar refractivity (Wildman–Crippen MR) is 149 cm³/mol. The molecule has 2 aromatic carbocycles. The number of hydrogen-bond donors (Lipinski definition) is 2. The first kappa shape index (κ1) is 29.0. The lowest BCUT2D eigenvalue weighted by atomic mass is 10.1. The van der Waals surface area contributed by atoms with Gasteiger partial charge in [-0.15, -0.1) is 0 Å². The number of nitrogens with one attached hydrogen (secondary N) is 2. The Morgan fingerprint density at radius 2 is 1.69 bits per heavy atom. The lowest BCUT2D eigenvalue weighted by Gasteiger charge is -2.24. The van der Waals surface area contributed by atoms with E-state index in [4.69, 9.17) is 4.74 Å². The molecule has 0 aliphatic carbocycles. The largest absolute Gasteiger partial charge is 0.493 e. The van der Waals surface area contributed by atoms with E-state index in [1.165, 1.54) is 49.5 Å². The molecule has 6 nitrogen and oxygen atoms in total. The van der Waals surface area contributed by atoms with Gasteiger partial charge in [-0.05, 0) is 57.0 Å². The number of benzene rings is 2. The van der Waals surface area contributed by atoms with Crippen molar-refractivity contribution in [1.29, 1.82) is 0 Å². The van der Waals surface area contributed by atoms with Crippen molar-refractivity contribution in [2.24, 2.45) is 0 Å². The molecule has 0 saturated carbocycles. The fourth-order valence-corrected chi connectivity index (χ4v) is 4.58. The fourth-order valence-electron chi connectivity index (χ4n) is 4.12. The molecular weight excluding hydrogens is 458 g/mol. The monoisotopic (exact) mass is 503 g/mol. The second-order valence-electron chi connectivity index (χ2n) is 9.33. The van der Waals surface area contributed by atoms with Crippen LogP contribution in [0, 0.1) is 13.8 Å². The summed E-state index contributed by atoms with van der Waals surface area (Å²) in [6, 6.07) is 12.7. The summed E-state index contributed by atoms with van der Waals surface area (Å²) in [5, 5.41) is 3.58. The number of nitrogens with zero attached hydrogens (tertiary/aromatic N) is 1. The van der Waals surface area contributed by atoms with Crippen molar-refractivity contribution in [2.75, 3.05) is 42.7 Å². The van der Waals surface area contributed by atoms with Crippen LogP contribution in [-0.4, -0.2) is 40.9 Å².